The lowest BCUT2D eigenvalue weighted by Crippen LogP contribution is -2.43. The van der Waals surface area contributed by atoms with Gasteiger partial charge in [-0.2, -0.15) is 5.10 Å². The van der Waals surface area contributed by atoms with Gasteiger partial charge < -0.3 is 10.4 Å². The highest BCUT2D eigenvalue weighted by atomic mass is 16.3. The number of urea groups is 1. The zero-order chi connectivity index (χ0) is 19.7. The van der Waals surface area contributed by atoms with Crippen molar-refractivity contribution in [1.82, 2.24) is 10.3 Å². The first-order valence-corrected chi connectivity index (χ1v) is 9.04. The molecular weight excluding hydrogens is 354 g/mol. The molecule has 1 saturated heterocycles. The lowest BCUT2D eigenvalue weighted by molar-refractivity contribution is -0.131. The molecule has 4 rings (SSSR count). The Kier molecular flexibility index (Phi) is 4.31. The molecule has 0 bridgehead atoms. The van der Waals surface area contributed by atoms with Crippen molar-refractivity contribution in [3.05, 3.63) is 77.9 Å². The van der Waals surface area contributed by atoms with Crippen LogP contribution in [0, 0.1) is 0 Å². The molecule has 0 radical (unpaired) electrons. The van der Waals surface area contributed by atoms with Crippen LogP contribution in [0.4, 0.5) is 4.79 Å². The average Bonchev–Trinajstić information content (AvgIpc) is 2.98. The second kappa shape index (κ2) is 6.81. The summed E-state index contributed by atoms with van der Waals surface area (Å²) in [6, 6.07) is 19.4. The van der Waals surface area contributed by atoms with Gasteiger partial charge in [0.05, 0.1) is 6.21 Å². The summed E-state index contributed by atoms with van der Waals surface area (Å²) in [6.07, 6.45) is 1.75. The molecule has 0 unspecified atom stereocenters. The number of phenols is 1. The molecule has 1 heterocycles. The molecule has 3 amide bonds. The number of hydrogen-bond acceptors (Lipinski definition) is 4. The highest BCUT2D eigenvalue weighted by molar-refractivity contribution is 6.09. The minimum absolute atomic E-state index is 0.0271. The quantitative estimate of drug-likeness (QED) is 0.540. The molecule has 28 heavy (non-hydrogen) atoms. The minimum Gasteiger partial charge on any atom is -0.507 e. The monoisotopic (exact) mass is 373 g/mol. The van der Waals surface area contributed by atoms with Gasteiger partial charge in [-0.15, -0.1) is 5.01 Å². The third-order valence-electron chi connectivity index (χ3n) is 5.12. The van der Waals surface area contributed by atoms with Crippen LogP contribution in [0.1, 0.15) is 24.5 Å². The first-order chi connectivity index (χ1) is 13.6. The third-order valence-corrected chi connectivity index (χ3v) is 5.12. The summed E-state index contributed by atoms with van der Waals surface area (Å²) in [6.45, 7) is 1.84. The van der Waals surface area contributed by atoms with E-state index in [1.807, 2.05) is 61.5 Å². The molecule has 3 aromatic rings. The van der Waals surface area contributed by atoms with E-state index in [0.29, 0.717) is 17.5 Å². The van der Waals surface area contributed by atoms with E-state index in [4.69, 9.17) is 0 Å². The number of carbonyl (C=O) groups is 2. The number of rotatable bonds is 4. The van der Waals surface area contributed by atoms with Gasteiger partial charge in [-0.25, -0.2) is 4.79 Å². The fourth-order valence-corrected chi connectivity index (χ4v) is 3.56. The number of imide groups is 1. The lowest BCUT2D eigenvalue weighted by atomic mass is 9.87. The van der Waals surface area contributed by atoms with E-state index < -0.39 is 17.5 Å². The maximum Gasteiger partial charge on any atom is 0.346 e. The smallest absolute Gasteiger partial charge is 0.346 e. The van der Waals surface area contributed by atoms with E-state index in [0.717, 1.165) is 15.8 Å². The first kappa shape index (κ1) is 17.7. The largest absolute Gasteiger partial charge is 0.507 e. The molecule has 6 heteroatoms. The van der Waals surface area contributed by atoms with Crippen molar-refractivity contribution in [1.29, 1.82) is 0 Å². The van der Waals surface area contributed by atoms with Crippen molar-refractivity contribution in [3.8, 4) is 5.75 Å². The van der Waals surface area contributed by atoms with E-state index in [9.17, 15) is 14.7 Å². The summed E-state index contributed by atoms with van der Waals surface area (Å²) in [5.41, 5.74) is 0.0187. The second-order valence-electron chi connectivity index (χ2n) is 6.64. The topological polar surface area (TPSA) is 82.0 Å². The summed E-state index contributed by atoms with van der Waals surface area (Å²) in [5.74, 6) is -0.415. The Balaban J connectivity index is 1.73. The number of benzene rings is 3. The molecule has 140 valence electrons. The van der Waals surface area contributed by atoms with Crippen molar-refractivity contribution >= 4 is 28.9 Å². The van der Waals surface area contributed by atoms with Crippen LogP contribution in [-0.2, 0) is 10.3 Å². The first-order valence-electron chi connectivity index (χ1n) is 9.04. The Morgan fingerprint density at radius 2 is 1.75 bits per heavy atom. The molecule has 6 nitrogen and oxygen atoms in total. The number of hydrogen-bond donors (Lipinski definition) is 2. The third kappa shape index (κ3) is 2.70. The van der Waals surface area contributed by atoms with Gasteiger partial charge in [0.2, 0.25) is 0 Å². The van der Waals surface area contributed by atoms with E-state index in [2.05, 4.69) is 10.4 Å². The van der Waals surface area contributed by atoms with Crippen LogP contribution in [0.25, 0.3) is 10.8 Å². The zero-order valence-electron chi connectivity index (χ0n) is 15.3. The van der Waals surface area contributed by atoms with Gasteiger partial charge in [0.15, 0.2) is 0 Å². The average molecular weight is 373 g/mol. The second-order valence-corrected chi connectivity index (χ2v) is 6.64. The number of nitrogens with zero attached hydrogens (tertiary/aromatic N) is 2. The summed E-state index contributed by atoms with van der Waals surface area (Å²) in [4.78, 5) is 25.6. The summed E-state index contributed by atoms with van der Waals surface area (Å²) >= 11 is 0. The number of aromatic hydroxyl groups is 1. The standard InChI is InChI=1S/C22H19N3O3/c1-2-22(16-9-4-3-5-10-16)20(27)25(21(28)24-22)23-14-18-17-11-7-6-8-15(17)12-13-19(18)26/h3-14,26H,2H2,1H3,(H,24,28)/b23-14+/t22-/m0/s1. The SMILES string of the molecule is CC[C@@]1(c2ccccc2)NC(=O)N(/N=C/c2c(O)ccc3ccccc23)C1=O. The van der Waals surface area contributed by atoms with Gasteiger partial charge in [0, 0.05) is 5.56 Å². The van der Waals surface area contributed by atoms with Gasteiger partial charge in [0.1, 0.15) is 11.3 Å². The van der Waals surface area contributed by atoms with Crippen molar-refractivity contribution < 1.29 is 14.7 Å². The van der Waals surface area contributed by atoms with E-state index >= 15 is 0 Å². The highest BCUT2D eigenvalue weighted by Gasteiger charge is 2.51. The number of amides is 3. The molecule has 1 aliphatic heterocycles. The van der Waals surface area contributed by atoms with Crippen LogP contribution in [0.5, 0.6) is 5.75 Å². The molecule has 3 aromatic carbocycles. The molecule has 2 N–H and O–H groups in total. The Morgan fingerprint density at radius 3 is 2.50 bits per heavy atom. The van der Waals surface area contributed by atoms with Crippen molar-refractivity contribution in [2.45, 2.75) is 18.9 Å². The normalized spacial score (nSPS) is 19.5. The molecule has 1 atom stereocenters. The number of hydrazone groups is 1. The van der Waals surface area contributed by atoms with E-state index in [1.54, 1.807) is 12.1 Å². The minimum atomic E-state index is -1.14. The van der Waals surface area contributed by atoms with Crippen molar-refractivity contribution in [3.63, 3.8) is 0 Å². The molecule has 0 spiro atoms. The van der Waals surface area contributed by atoms with Crippen LogP contribution in [0.15, 0.2) is 71.8 Å². The predicted molar refractivity (Wildman–Crippen MR) is 107 cm³/mol. The zero-order valence-corrected chi connectivity index (χ0v) is 15.3. The van der Waals surface area contributed by atoms with Gasteiger partial charge in [-0.1, -0.05) is 67.6 Å². The summed E-state index contributed by atoms with van der Waals surface area (Å²) < 4.78 is 0. The fraction of sp³-hybridized carbons (Fsp3) is 0.136. The van der Waals surface area contributed by atoms with Crippen LogP contribution in [0.2, 0.25) is 0 Å². The Bertz CT molecular complexity index is 1090. The van der Waals surface area contributed by atoms with Gasteiger partial charge in [-0.3, -0.25) is 4.79 Å². The number of fused-ring (bicyclic) bond motifs is 1. The van der Waals surface area contributed by atoms with Crippen LogP contribution in [-0.4, -0.2) is 28.3 Å². The number of phenolic OH excluding ortho intramolecular Hbond substituents is 1. The molecule has 1 fully saturated rings. The predicted octanol–water partition coefficient (Wildman–Crippen LogP) is 3.74. The maximum absolute atomic E-state index is 13.1. The molecule has 0 aliphatic carbocycles. The Morgan fingerprint density at radius 1 is 1.04 bits per heavy atom. The van der Waals surface area contributed by atoms with E-state index in [-0.39, 0.29) is 5.75 Å². The van der Waals surface area contributed by atoms with Gasteiger partial charge in [-0.05, 0) is 28.8 Å². The van der Waals surface area contributed by atoms with Crippen molar-refractivity contribution in [2.75, 3.05) is 0 Å². The molecule has 0 saturated carbocycles. The number of nitrogens with one attached hydrogen (secondary N) is 1. The molecule has 1 aliphatic rings. The molecular formula is C22H19N3O3. The lowest BCUT2D eigenvalue weighted by Gasteiger charge is -2.24. The molecule has 0 aromatic heterocycles. The number of carbonyl (C=O) groups excluding carboxylic acids is 2. The highest BCUT2D eigenvalue weighted by Crippen LogP contribution is 2.33. The Labute approximate surface area is 162 Å². The van der Waals surface area contributed by atoms with Crippen molar-refractivity contribution in [2.24, 2.45) is 5.10 Å². The van der Waals surface area contributed by atoms with E-state index in [1.165, 1.54) is 6.21 Å². The van der Waals surface area contributed by atoms with Crippen LogP contribution < -0.4 is 5.32 Å². The summed E-state index contributed by atoms with van der Waals surface area (Å²) in [7, 11) is 0. The van der Waals surface area contributed by atoms with Gasteiger partial charge >= 0.3 is 6.03 Å². The fourth-order valence-electron chi connectivity index (χ4n) is 3.56. The maximum atomic E-state index is 13.1. The van der Waals surface area contributed by atoms with Crippen LogP contribution >= 0.6 is 0 Å². The summed E-state index contributed by atoms with van der Waals surface area (Å²) in [5, 5.41) is 19.7. The van der Waals surface area contributed by atoms with Gasteiger partial charge in [0.25, 0.3) is 5.91 Å². The Hall–Kier alpha value is -3.67. The van der Waals surface area contributed by atoms with Crippen LogP contribution in [0.3, 0.4) is 0 Å².